The molecule has 0 atom stereocenters. The summed E-state index contributed by atoms with van der Waals surface area (Å²) in [7, 11) is 1.78. The average Bonchev–Trinajstić information content (AvgIpc) is 2.31. The third-order valence-electron chi connectivity index (χ3n) is 2.22. The Morgan fingerprint density at radius 3 is 2.78 bits per heavy atom. The van der Waals surface area contributed by atoms with Gasteiger partial charge in [0.2, 0.25) is 5.91 Å². The number of nitrogens with zero attached hydrogens (tertiary/aromatic N) is 2. The number of hydrogen-bond donors (Lipinski definition) is 1. The lowest BCUT2D eigenvalue weighted by Crippen LogP contribution is -2.30. The lowest BCUT2D eigenvalue weighted by molar-refractivity contribution is -0.117. The fraction of sp³-hybridized carbons (Fsp3) is 0.333. The van der Waals surface area contributed by atoms with Crippen LogP contribution in [0.5, 0.6) is 0 Å². The number of anilines is 1. The minimum atomic E-state index is -0.158. The fourth-order valence-electron chi connectivity index (χ4n) is 1.34. The van der Waals surface area contributed by atoms with Gasteiger partial charge >= 0.3 is 0 Å². The van der Waals surface area contributed by atoms with Gasteiger partial charge in [0.1, 0.15) is 0 Å². The van der Waals surface area contributed by atoms with Gasteiger partial charge in [0.05, 0.1) is 22.7 Å². The van der Waals surface area contributed by atoms with Crippen molar-refractivity contribution < 1.29 is 4.79 Å². The number of nitrogens with one attached hydrogen (secondary N) is 1. The highest BCUT2D eigenvalue weighted by atomic mass is 35.5. The van der Waals surface area contributed by atoms with Crippen LogP contribution in [0.4, 0.5) is 5.69 Å². The molecule has 1 N–H and O–H groups in total. The van der Waals surface area contributed by atoms with Crippen LogP contribution in [0, 0.1) is 11.3 Å². The zero-order valence-corrected chi connectivity index (χ0v) is 11.4. The molecule has 1 aromatic rings. The summed E-state index contributed by atoms with van der Waals surface area (Å²) in [6.07, 6.45) is 0.399. The van der Waals surface area contributed by atoms with Crippen LogP contribution in [0.15, 0.2) is 18.2 Å². The summed E-state index contributed by atoms with van der Waals surface area (Å²) in [5, 5.41) is 12.0. The van der Waals surface area contributed by atoms with E-state index < -0.39 is 0 Å². The molecular formula is C12H13Cl2N3O. The summed E-state index contributed by atoms with van der Waals surface area (Å²) < 4.78 is 0. The minimum Gasteiger partial charge on any atom is -0.325 e. The van der Waals surface area contributed by atoms with Crippen molar-refractivity contribution in [3.8, 4) is 6.07 Å². The highest BCUT2D eigenvalue weighted by molar-refractivity contribution is 6.42. The molecule has 6 heteroatoms. The quantitative estimate of drug-likeness (QED) is 0.905. The monoisotopic (exact) mass is 285 g/mol. The van der Waals surface area contributed by atoms with E-state index in [1.807, 2.05) is 6.07 Å². The maximum Gasteiger partial charge on any atom is 0.238 e. The molecule has 1 rings (SSSR count). The Morgan fingerprint density at radius 2 is 2.17 bits per heavy atom. The van der Waals surface area contributed by atoms with E-state index in [9.17, 15) is 4.79 Å². The predicted molar refractivity (Wildman–Crippen MR) is 72.8 cm³/mol. The normalized spacial score (nSPS) is 10.2. The summed E-state index contributed by atoms with van der Waals surface area (Å²) in [5.74, 6) is -0.158. The van der Waals surface area contributed by atoms with Crippen LogP contribution in [0.3, 0.4) is 0 Å². The van der Waals surface area contributed by atoms with E-state index >= 15 is 0 Å². The van der Waals surface area contributed by atoms with Crippen LogP contribution in [-0.4, -0.2) is 30.9 Å². The van der Waals surface area contributed by atoms with Gasteiger partial charge < -0.3 is 5.32 Å². The molecule has 1 aromatic carbocycles. The summed E-state index contributed by atoms with van der Waals surface area (Å²) in [4.78, 5) is 13.4. The maximum absolute atomic E-state index is 11.7. The summed E-state index contributed by atoms with van der Waals surface area (Å²) in [6, 6.07) is 6.93. The first-order valence-electron chi connectivity index (χ1n) is 5.33. The van der Waals surface area contributed by atoms with Crippen molar-refractivity contribution in [2.45, 2.75) is 6.42 Å². The number of halogens is 2. The Bertz CT molecular complexity index is 471. The number of rotatable bonds is 5. The van der Waals surface area contributed by atoms with Gasteiger partial charge in [0.25, 0.3) is 0 Å². The highest BCUT2D eigenvalue weighted by Gasteiger charge is 2.07. The molecule has 0 aliphatic heterocycles. The molecule has 18 heavy (non-hydrogen) atoms. The summed E-state index contributed by atoms with van der Waals surface area (Å²) >= 11 is 11.6. The summed E-state index contributed by atoms with van der Waals surface area (Å²) in [6.45, 7) is 0.785. The molecule has 0 saturated heterocycles. The molecule has 0 spiro atoms. The van der Waals surface area contributed by atoms with Crippen LogP contribution >= 0.6 is 23.2 Å². The van der Waals surface area contributed by atoms with Crippen LogP contribution in [0.1, 0.15) is 6.42 Å². The molecule has 0 aliphatic carbocycles. The molecule has 0 saturated carbocycles. The largest absolute Gasteiger partial charge is 0.325 e. The third-order valence-corrected chi connectivity index (χ3v) is 2.96. The van der Waals surface area contributed by atoms with Crippen molar-refractivity contribution in [3.63, 3.8) is 0 Å². The van der Waals surface area contributed by atoms with Gasteiger partial charge in [0, 0.05) is 18.7 Å². The number of hydrogen-bond acceptors (Lipinski definition) is 3. The van der Waals surface area contributed by atoms with Gasteiger partial charge in [-0.15, -0.1) is 0 Å². The lowest BCUT2D eigenvalue weighted by Gasteiger charge is -2.14. The standard InChI is InChI=1S/C12H13Cl2N3O/c1-17(6-2-5-15)8-12(18)16-9-3-4-10(13)11(14)7-9/h3-4,7H,2,6,8H2,1H3,(H,16,18). The van der Waals surface area contributed by atoms with Crippen molar-refractivity contribution in [3.05, 3.63) is 28.2 Å². The number of nitriles is 1. The number of likely N-dealkylation sites (N-methyl/N-ethyl adjacent to an activating group) is 1. The van der Waals surface area contributed by atoms with Gasteiger partial charge in [-0.05, 0) is 25.2 Å². The van der Waals surface area contributed by atoms with Crippen molar-refractivity contribution >= 4 is 34.8 Å². The first kappa shape index (κ1) is 14.8. The SMILES string of the molecule is CN(CCC#N)CC(=O)Nc1ccc(Cl)c(Cl)c1. The van der Waals surface area contributed by atoms with Crippen LogP contribution in [0.2, 0.25) is 10.0 Å². The van der Waals surface area contributed by atoms with Crippen molar-refractivity contribution in [1.82, 2.24) is 4.90 Å². The fourth-order valence-corrected chi connectivity index (χ4v) is 1.64. The number of benzene rings is 1. The first-order valence-corrected chi connectivity index (χ1v) is 6.09. The van der Waals surface area contributed by atoms with E-state index in [0.717, 1.165) is 0 Å². The van der Waals surface area contributed by atoms with Crippen LogP contribution < -0.4 is 5.32 Å². The topological polar surface area (TPSA) is 56.1 Å². The Kier molecular flexibility index (Phi) is 5.93. The zero-order valence-electron chi connectivity index (χ0n) is 9.91. The van der Waals surface area contributed by atoms with E-state index in [1.165, 1.54) is 0 Å². The minimum absolute atomic E-state index is 0.158. The van der Waals surface area contributed by atoms with E-state index in [4.69, 9.17) is 28.5 Å². The van der Waals surface area contributed by atoms with Gasteiger partial charge in [-0.2, -0.15) is 5.26 Å². The van der Waals surface area contributed by atoms with Gasteiger partial charge in [0.15, 0.2) is 0 Å². The van der Waals surface area contributed by atoms with Gasteiger partial charge in [-0.25, -0.2) is 0 Å². The second-order valence-corrected chi connectivity index (χ2v) is 4.64. The second-order valence-electron chi connectivity index (χ2n) is 3.82. The van der Waals surface area contributed by atoms with E-state index in [1.54, 1.807) is 30.1 Å². The van der Waals surface area contributed by atoms with E-state index in [-0.39, 0.29) is 12.5 Å². The van der Waals surface area contributed by atoms with E-state index in [0.29, 0.717) is 28.7 Å². The number of amides is 1. The molecule has 96 valence electrons. The number of carbonyl (C=O) groups excluding carboxylic acids is 1. The zero-order chi connectivity index (χ0) is 13.5. The Morgan fingerprint density at radius 1 is 1.44 bits per heavy atom. The molecule has 4 nitrogen and oxygen atoms in total. The van der Waals surface area contributed by atoms with Crippen LogP contribution in [-0.2, 0) is 4.79 Å². The molecule has 0 fully saturated rings. The highest BCUT2D eigenvalue weighted by Crippen LogP contribution is 2.24. The summed E-state index contributed by atoms with van der Waals surface area (Å²) in [5.41, 5.74) is 0.600. The smallest absolute Gasteiger partial charge is 0.238 e. The molecule has 0 aromatic heterocycles. The number of carbonyl (C=O) groups is 1. The van der Waals surface area contributed by atoms with E-state index in [2.05, 4.69) is 5.32 Å². The Labute approximate surface area is 116 Å². The van der Waals surface area contributed by atoms with Crippen molar-refractivity contribution in [1.29, 1.82) is 5.26 Å². The molecule has 1 amide bonds. The third kappa shape index (κ3) is 4.92. The van der Waals surface area contributed by atoms with Gasteiger partial charge in [-0.3, -0.25) is 9.69 Å². The van der Waals surface area contributed by atoms with Crippen LogP contribution in [0.25, 0.3) is 0 Å². The van der Waals surface area contributed by atoms with Gasteiger partial charge in [-0.1, -0.05) is 23.2 Å². The van der Waals surface area contributed by atoms with Crippen molar-refractivity contribution in [2.24, 2.45) is 0 Å². The average molecular weight is 286 g/mol. The first-order chi connectivity index (χ1) is 8.52. The second kappa shape index (κ2) is 7.22. The molecule has 0 heterocycles. The molecular weight excluding hydrogens is 273 g/mol. The Hall–Kier alpha value is -1.28. The lowest BCUT2D eigenvalue weighted by atomic mass is 10.3. The van der Waals surface area contributed by atoms with Crippen molar-refractivity contribution in [2.75, 3.05) is 25.5 Å². The molecule has 0 unspecified atom stereocenters. The molecule has 0 aliphatic rings. The maximum atomic E-state index is 11.7. The molecule has 0 radical (unpaired) electrons. The predicted octanol–water partition coefficient (Wildman–Crippen LogP) is 2.78. The Balaban J connectivity index is 2.49. The molecule has 0 bridgehead atoms.